The van der Waals surface area contributed by atoms with Gasteiger partial charge in [0, 0.05) is 26.7 Å². The van der Waals surface area contributed by atoms with Crippen LogP contribution in [-0.2, 0) is 9.53 Å². The largest absolute Gasteiger partial charge is 0.381 e. The minimum Gasteiger partial charge on any atom is -0.381 e. The fraction of sp³-hybridized carbons (Fsp3) is 0.917. The molecular weight excluding hydrogens is 218 g/mol. The van der Waals surface area contributed by atoms with E-state index >= 15 is 0 Å². The number of ether oxygens (including phenoxy) is 1. The molecule has 0 radical (unpaired) electrons. The number of hydrogen-bond donors (Lipinski definition) is 2. The van der Waals surface area contributed by atoms with Crippen LogP contribution in [0.1, 0.15) is 26.7 Å². The van der Waals surface area contributed by atoms with Crippen LogP contribution >= 0.6 is 0 Å². The molecule has 1 unspecified atom stereocenters. The van der Waals surface area contributed by atoms with Crippen molar-refractivity contribution < 1.29 is 9.53 Å². The second kappa shape index (κ2) is 6.33. The first-order chi connectivity index (χ1) is 8.01. The lowest BCUT2D eigenvalue weighted by atomic mass is 9.98. The zero-order chi connectivity index (χ0) is 12.9. The predicted octanol–water partition coefficient (Wildman–Crippen LogP) is -0.0493. The van der Waals surface area contributed by atoms with Gasteiger partial charge in [0.05, 0.1) is 6.10 Å². The van der Waals surface area contributed by atoms with Gasteiger partial charge in [-0.05, 0) is 26.3 Å². The number of nitrogens with two attached hydrogens (primary N) is 1. The Morgan fingerprint density at radius 1 is 1.53 bits per heavy atom. The average Bonchev–Trinajstić information content (AvgIpc) is 2.30. The van der Waals surface area contributed by atoms with Crippen molar-refractivity contribution in [3.8, 4) is 0 Å². The first-order valence-corrected chi connectivity index (χ1v) is 6.32. The Morgan fingerprint density at radius 3 is 2.53 bits per heavy atom. The van der Waals surface area contributed by atoms with Gasteiger partial charge in [0.1, 0.15) is 5.54 Å². The number of hydrogen-bond acceptors (Lipinski definition) is 4. The zero-order valence-corrected chi connectivity index (χ0v) is 11.2. The molecule has 0 aromatic heterocycles. The normalized spacial score (nSPS) is 22.3. The molecule has 100 valence electrons. The molecule has 0 saturated carbocycles. The summed E-state index contributed by atoms with van der Waals surface area (Å²) in [6.07, 6.45) is 2.42. The molecule has 5 nitrogen and oxygen atoms in total. The second-order valence-corrected chi connectivity index (χ2v) is 4.94. The summed E-state index contributed by atoms with van der Waals surface area (Å²) in [6.45, 7) is 7.21. The Labute approximate surface area is 104 Å². The van der Waals surface area contributed by atoms with Gasteiger partial charge in [-0.3, -0.25) is 4.79 Å². The molecule has 1 atom stereocenters. The summed E-state index contributed by atoms with van der Waals surface area (Å²) in [5.74, 6) is -0.284. The number of carbonyl (C=O) groups is 1. The number of likely N-dealkylation sites (tertiary alicyclic amines) is 1. The van der Waals surface area contributed by atoms with Crippen molar-refractivity contribution in [2.24, 2.45) is 5.73 Å². The van der Waals surface area contributed by atoms with Gasteiger partial charge in [-0.25, -0.2) is 0 Å². The number of amides is 1. The number of nitrogens with one attached hydrogen (secondary N) is 1. The number of carbonyl (C=O) groups excluding carboxylic acids is 1. The molecule has 1 heterocycles. The smallest absolute Gasteiger partial charge is 0.238 e. The Hall–Kier alpha value is -0.650. The molecule has 1 rings (SSSR count). The van der Waals surface area contributed by atoms with Crippen LogP contribution in [0, 0.1) is 0 Å². The third-order valence-corrected chi connectivity index (χ3v) is 3.52. The molecule has 1 saturated heterocycles. The molecule has 3 N–H and O–H groups in total. The van der Waals surface area contributed by atoms with Gasteiger partial charge in [0.2, 0.25) is 5.91 Å². The van der Waals surface area contributed by atoms with Crippen molar-refractivity contribution in [1.82, 2.24) is 10.2 Å². The van der Waals surface area contributed by atoms with E-state index in [1.165, 1.54) is 0 Å². The highest BCUT2D eigenvalue weighted by atomic mass is 16.5. The van der Waals surface area contributed by atoms with Gasteiger partial charge in [-0.2, -0.15) is 0 Å². The number of nitrogens with zero attached hydrogens (tertiary/aromatic N) is 1. The monoisotopic (exact) mass is 243 g/mol. The lowest BCUT2D eigenvalue weighted by Gasteiger charge is -2.37. The van der Waals surface area contributed by atoms with E-state index in [2.05, 4.69) is 10.2 Å². The molecule has 1 fully saturated rings. The predicted molar refractivity (Wildman–Crippen MR) is 67.7 cm³/mol. The number of piperidine rings is 1. The van der Waals surface area contributed by atoms with Crippen molar-refractivity contribution in [2.75, 3.05) is 33.3 Å². The third-order valence-electron chi connectivity index (χ3n) is 3.52. The molecular formula is C12H25N3O2. The standard InChI is InChI=1S/C12H25N3O2/c1-4-14-12(2,11(13)16)9-15-7-5-10(17-3)6-8-15/h10,14H,4-9H2,1-3H3,(H2,13,16). The highest BCUT2D eigenvalue weighted by Gasteiger charge is 2.33. The number of rotatable bonds is 6. The van der Waals surface area contributed by atoms with Crippen LogP contribution in [0.2, 0.25) is 0 Å². The molecule has 1 aliphatic rings. The molecule has 0 aliphatic carbocycles. The van der Waals surface area contributed by atoms with Crippen molar-refractivity contribution in [1.29, 1.82) is 0 Å². The first kappa shape index (κ1) is 14.4. The maximum atomic E-state index is 11.5. The molecule has 17 heavy (non-hydrogen) atoms. The van der Waals surface area contributed by atoms with Crippen LogP contribution in [-0.4, -0.2) is 55.7 Å². The van der Waals surface area contributed by atoms with E-state index in [0.717, 1.165) is 32.5 Å². The van der Waals surface area contributed by atoms with E-state index < -0.39 is 5.54 Å². The van der Waals surface area contributed by atoms with Crippen molar-refractivity contribution in [2.45, 2.75) is 38.3 Å². The number of primary amides is 1. The Balaban J connectivity index is 2.49. The third kappa shape index (κ3) is 3.94. The maximum Gasteiger partial charge on any atom is 0.238 e. The van der Waals surface area contributed by atoms with E-state index in [-0.39, 0.29) is 5.91 Å². The summed E-state index contributed by atoms with van der Waals surface area (Å²) >= 11 is 0. The van der Waals surface area contributed by atoms with Crippen LogP contribution in [0.15, 0.2) is 0 Å². The Morgan fingerprint density at radius 2 is 2.12 bits per heavy atom. The summed E-state index contributed by atoms with van der Waals surface area (Å²) in [4.78, 5) is 13.8. The van der Waals surface area contributed by atoms with E-state index in [4.69, 9.17) is 10.5 Å². The first-order valence-electron chi connectivity index (χ1n) is 6.32. The maximum absolute atomic E-state index is 11.5. The second-order valence-electron chi connectivity index (χ2n) is 4.94. The van der Waals surface area contributed by atoms with Gasteiger partial charge < -0.3 is 20.7 Å². The van der Waals surface area contributed by atoms with Crippen LogP contribution in [0.4, 0.5) is 0 Å². The van der Waals surface area contributed by atoms with E-state index in [1.54, 1.807) is 7.11 Å². The minimum absolute atomic E-state index is 0.284. The van der Waals surface area contributed by atoms with Crippen LogP contribution in [0.5, 0.6) is 0 Å². The van der Waals surface area contributed by atoms with E-state index in [0.29, 0.717) is 12.6 Å². The molecule has 0 aromatic rings. The van der Waals surface area contributed by atoms with Gasteiger partial charge in [0.25, 0.3) is 0 Å². The highest BCUT2D eigenvalue weighted by Crippen LogP contribution is 2.15. The fourth-order valence-electron chi connectivity index (χ4n) is 2.36. The highest BCUT2D eigenvalue weighted by molar-refractivity contribution is 5.84. The van der Waals surface area contributed by atoms with Gasteiger partial charge >= 0.3 is 0 Å². The van der Waals surface area contributed by atoms with Crippen molar-refractivity contribution >= 4 is 5.91 Å². The van der Waals surface area contributed by atoms with Gasteiger partial charge in [-0.15, -0.1) is 0 Å². The molecule has 1 amide bonds. The minimum atomic E-state index is -0.630. The summed E-state index contributed by atoms with van der Waals surface area (Å²) in [7, 11) is 1.76. The molecule has 5 heteroatoms. The summed E-state index contributed by atoms with van der Waals surface area (Å²) in [5, 5.41) is 3.18. The number of likely N-dealkylation sites (N-methyl/N-ethyl adjacent to an activating group) is 1. The topological polar surface area (TPSA) is 67.6 Å². The number of methoxy groups -OCH3 is 1. The Bertz CT molecular complexity index is 252. The van der Waals surface area contributed by atoms with Crippen molar-refractivity contribution in [3.05, 3.63) is 0 Å². The molecule has 1 aliphatic heterocycles. The molecule has 0 aromatic carbocycles. The molecule has 0 bridgehead atoms. The SMILES string of the molecule is CCNC(C)(CN1CCC(OC)CC1)C(N)=O. The summed E-state index contributed by atoms with van der Waals surface area (Å²) in [6, 6.07) is 0. The van der Waals surface area contributed by atoms with E-state index in [1.807, 2.05) is 13.8 Å². The van der Waals surface area contributed by atoms with Gasteiger partial charge in [-0.1, -0.05) is 6.92 Å². The average molecular weight is 243 g/mol. The summed E-state index contributed by atoms with van der Waals surface area (Å²) < 4.78 is 5.33. The quantitative estimate of drug-likeness (QED) is 0.686. The fourth-order valence-corrected chi connectivity index (χ4v) is 2.36. The van der Waals surface area contributed by atoms with E-state index in [9.17, 15) is 4.79 Å². The lowest BCUT2D eigenvalue weighted by molar-refractivity contribution is -0.124. The van der Waals surface area contributed by atoms with Crippen LogP contribution < -0.4 is 11.1 Å². The Kier molecular flexibility index (Phi) is 5.36. The van der Waals surface area contributed by atoms with Gasteiger partial charge in [0.15, 0.2) is 0 Å². The van der Waals surface area contributed by atoms with Crippen molar-refractivity contribution in [3.63, 3.8) is 0 Å². The zero-order valence-electron chi connectivity index (χ0n) is 11.2. The summed E-state index contributed by atoms with van der Waals surface area (Å²) in [5.41, 5.74) is 4.84. The van der Waals surface area contributed by atoms with Crippen LogP contribution in [0.3, 0.4) is 0 Å². The van der Waals surface area contributed by atoms with Crippen LogP contribution in [0.25, 0.3) is 0 Å². The lowest BCUT2D eigenvalue weighted by Crippen LogP contribution is -2.60. The molecule has 0 spiro atoms.